The Balaban J connectivity index is 1.93. The van der Waals surface area contributed by atoms with E-state index in [2.05, 4.69) is 17.4 Å². The summed E-state index contributed by atoms with van der Waals surface area (Å²) in [5, 5.41) is 3.41. The first kappa shape index (κ1) is 14.8. The van der Waals surface area contributed by atoms with Gasteiger partial charge < -0.3 is 10.1 Å². The fraction of sp³-hybridized carbons (Fsp3) is 0.250. The third kappa shape index (κ3) is 4.22. The summed E-state index contributed by atoms with van der Waals surface area (Å²) in [6, 6.07) is 12.4. The van der Waals surface area contributed by atoms with Gasteiger partial charge in [-0.1, -0.05) is 35.9 Å². The van der Waals surface area contributed by atoms with Crippen molar-refractivity contribution in [3.63, 3.8) is 0 Å². The van der Waals surface area contributed by atoms with Crippen molar-refractivity contribution < 1.29 is 9.13 Å². The monoisotopic (exact) mass is 293 g/mol. The Hall–Kier alpha value is -1.58. The van der Waals surface area contributed by atoms with E-state index in [4.69, 9.17) is 16.3 Å². The molecule has 4 heteroatoms. The Morgan fingerprint density at radius 3 is 2.45 bits per heavy atom. The van der Waals surface area contributed by atoms with E-state index in [9.17, 15) is 4.39 Å². The third-order valence-corrected chi connectivity index (χ3v) is 3.27. The molecule has 2 nitrogen and oxygen atoms in total. The van der Waals surface area contributed by atoms with E-state index in [1.807, 2.05) is 19.2 Å². The molecule has 0 unspecified atom stereocenters. The highest BCUT2D eigenvalue weighted by atomic mass is 35.5. The molecule has 106 valence electrons. The summed E-state index contributed by atoms with van der Waals surface area (Å²) in [4.78, 5) is 0. The number of benzene rings is 2. The highest BCUT2D eigenvalue weighted by Crippen LogP contribution is 2.25. The third-order valence-electron chi connectivity index (χ3n) is 2.97. The van der Waals surface area contributed by atoms with Crippen LogP contribution in [0.15, 0.2) is 42.5 Å². The summed E-state index contributed by atoms with van der Waals surface area (Å²) in [5.41, 5.74) is 2.33. The van der Waals surface area contributed by atoms with Gasteiger partial charge in [0.15, 0.2) is 0 Å². The highest BCUT2D eigenvalue weighted by Gasteiger charge is 2.03. The molecule has 0 spiro atoms. The molecule has 1 N–H and O–H groups in total. The molecule has 0 radical (unpaired) electrons. The zero-order valence-electron chi connectivity index (χ0n) is 11.3. The standard InChI is InChI=1S/C16H17ClFNO/c1-19-9-8-12-2-4-13(5-3-12)11-20-16-7-6-14(18)10-15(16)17/h2-7,10,19H,8-9,11H2,1H3. The predicted octanol–water partition coefficient (Wildman–Crippen LogP) is 3.82. The van der Waals surface area contributed by atoms with Gasteiger partial charge in [0.1, 0.15) is 18.2 Å². The molecule has 0 aromatic heterocycles. The molecular weight excluding hydrogens is 277 g/mol. The van der Waals surface area contributed by atoms with Crippen molar-refractivity contribution in [2.45, 2.75) is 13.0 Å². The van der Waals surface area contributed by atoms with Crippen LogP contribution in [0.25, 0.3) is 0 Å². The molecule has 0 saturated carbocycles. The summed E-state index contributed by atoms with van der Waals surface area (Å²) in [6.45, 7) is 1.37. The van der Waals surface area contributed by atoms with Gasteiger partial charge in [0.2, 0.25) is 0 Å². The van der Waals surface area contributed by atoms with Crippen LogP contribution in [0, 0.1) is 5.82 Å². The normalized spacial score (nSPS) is 10.6. The maximum atomic E-state index is 12.9. The lowest BCUT2D eigenvalue weighted by Gasteiger charge is -2.09. The second-order valence-electron chi connectivity index (χ2n) is 4.53. The molecule has 0 atom stereocenters. The summed E-state index contributed by atoms with van der Waals surface area (Å²) < 4.78 is 18.5. The molecular formula is C16H17ClFNO. The van der Waals surface area contributed by atoms with Crippen LogP contribution < -0.4 is 10.1 Å². The van der Waals surface area contributed by atoms with Crippen molar-refractivity contribution in [3.8, 4) is 5.75 Å². The van der Waals surface area contributed by atoms with Gasteiger partial charge in [-0.3, -0.25) is 0 Å². The first-order chi connectivity index (χ1) is 9.69. The number of halogens is 2. The van der Waals surface area contributed by atoms with Gasteiger partial charge in [0, 0.05) is 0 Å². The van der Waals surface area contributed by atoms with Crippen LogP contribution >= 0.6 is 11.6 Å². The van der Waals surface area contributed by atoms with Gasteiger partial charge in [0.05, 0.1) is 5.02 Å². The van der Waals surface area contributed by atoms with E-state index in [0.717, 1.165) is 18.5 Å². The number of hydrogen-bond donors (Lipinski definition) is 1. The second kappa shape index (κ2) is 7.27. The minimum absolute atomic E-state index is 0.288. The first-order valence-corrected chi connectivity index (χ1v) is 6.87. The van der Waals surface area contributed by atoms with E-state index < -0.39 is 0 Å². The average molecular weight is 294 g/mol. The van der Waals surface area contributed by atoms with Gasteiger partial charge in [-0.05, 0) is 49.3 Å². The van der Waals surface area contributed by atoms with Crippen LogP contribution in [0.5, 0.6) is 5.75 Å². The Kier molecular flexibility index (Phi) is 5.39. The predicted molar refractivity (Wildman–Crippen MR) is 79.8 cm³/mol. The molecule has 20 heavy (non-hydrogen) atoms. The fourth-order valence-corrected chi connectivity index (χ4v) is 2.05. The minimum Gasteiger partial charge on any atom is -0.487 e. The molecule has 0 aliphatic rings. The molecule has 2 rings (SSSR count). The summed E-state index contributed by atoms with van der Waals surface area (Å²) >= 11 is 5.91. The van der Waals surface area contributed by atoms with Crippen molar-refractivity contribution in [2.24, 2.45) is 0 Å². The lowest BCUT2D eigenvalue weighted by molar-refractivity contribution is 0.306. The van der Waals surface area contributed by atoms with Gasteiger partial charge in [-0.2, -0.15) is 0 Å². The maximum Gasteiger partial charge on any atom is 0.138 e. The Morgan fingerprint density at radius 2 is 1.80 bits per heavy atom. The number of hydrogen-bond acceptors (Lipinski definition) is 2. The fourth-order valence-electron chi connectivity index (χ4n) is 1.82. The number of ether oxygens (including phenoxy) is 1. The van der Waals surface area contributed by atoms with Crippen LogP contribution in [0.2, 0.25) is 5.02 Å². The Labute approximate surface area is 123 Å². The Bertz CT molecular complexity index is 557. The van der Waals surface area contributed by atoms with Gasteiger partial charge in [-0.15, -0.1) is 0 Å². The summed E-state index contributed by atoms with van der Waals surface area (Å²) in [7, 11) is 1.94. The molecule has 2 aromatic rings. The van der Waals surface area contributed by atoms with E-state index in [1.165, 1.54) is 17.7 Å². The second-order valence-corrected chi connectivity index (χ2v) is 4.94. The largest absolute Gasteiger partial charge is 0.487 e. The number of rotatable bonds is 6. The first-order valence-electron chi connectivity index (χ1n) is 6.49. The summed E-state index contributed by atoms with van der Waals surface area (Å²) in [6.07, 6.45) is 1.00. The van der Waals surface area contributed by atoms with E-state index in [0.29, 0.717) is 12.4 Å². The molecule has 0 fully saturated rings. The minimum atomic E-state index is -0.365. The van der Waals surface area contributed by atoms with Crippen LogP contribution in [0.1, 0.15) is 11.1 Å². The molecule has 0 heterocycles. The smallest absolute Gasteiger partial charge is 0.138 e. The highest BCUT2D eigenvalue weighted by molar-refractivity contribution is 6.32. The van der Waals surface area contributed by atoms with Crippen LogP contribution in [0.4, 0.5) is 4.39 Å². The SMILES string of the molecule is CNCCc1ccc(COc2ccc(F)cc2Cl)cc1. The zero-order valence-corrected chi connectivity index (χ0v) is 12.1. The van der Waals surface area contributed by atoms with Gasteiger partial charge in [0.25, 0.3) is 0 Å². The molecule has 0 aliphatic heterocycles. The van der Waals surface area contributed by atoms with Crippen molar-refractivity contribution in [1.29, 1.82) is 0 Å². The molecule has 0 saturated heterocycles. The van der Waals surface area contributed by atoms with Gasteiger partial charge in [-0.25, -0.2) is 4.39 Å². The van der Waals surface area contributed by atoms with Crippen molar-refractivity contribution in [2.75, 3.05) is 13.6 Å². The van der Waals surface area contributed by atoms with Crippen molar-refractivity contribution >= 4 is 11.6 Å². The topological polar surface area (TPSA) is 21.3 Å². The molecule has 0 aliphatic carbocycles. The van der Waals surface area contributed by atoms with Crippen LogP contribution in [-0.2, 0) is 13.0 Å². The van der Waals surface area contributed by atoms with Crippen molar-refractivity contribution in [1.82, 2.24) is 5.32 Å². The zero-order chi connectivity index (χ0) is 14.4. The lowest BCUT2D eigenvalue weighted by atomic mass is 10.1. The number of nitrogens with one attached hydrogen (secondary N) is 1. The van der Waals surface area contributed by atoms with E-state index >= 15 is 0 Å². The van der Waals surface area contributed by atoms with E-state index in [1.54, 1.807) is 6.07 Å². The number of likely N-dealkylation sites (N-methyl/N-ethyl adjacent to an activating group) is 1. The quantitative estimate of drug-likeness (QED) is 0.874. The maximum absolute atomic E-state index is 12.9. The van der Waals surface area contributed by atoms with Crippen LogP contribution in [-0.4, -0.2) is 13.6 Å². The van der Waals surface area contributed by atoms with E-state index in [-0.39, 0.29) is 10.8 Å². The molecule has 2 aromatic carbocycles. The van der Waals surface area contributed by atoms with Crippen LogP contribution in [0.3, 0.4) is 0 Å². The average Bonchev–Trinajstić information content (AvgIpc) is 2.45. The lowest BCUT2D eigenvalue weighted by Crippen LogP contribution is -2.10. The molecule has 0 bridgehead atoms. The van der Waals surface area contributed by atoms with Gasteiger partial charge >= 0.3 is 0 Å². The molecule has 0 amide bonds. The Morgan fingerprint density at radius 1 is 1.10 bits per heavy atom. The summed E-state index contributed by atoms with van der Waals surface area (Å²) in [5.74, 6) is 0.128. The van der Waals surface area contributed by atoms with Crippen molar-refractivity contribution in [3.05, 3.63) is 64.4 Å².